The highest BCUT2D eigenvalue weighted by Crippen LogP contribution is 2.29. The quantitative estimate of drug-likeness (QED) is 0.571. The molecule has 0 spiro atoms. The molecule has 98 valence electrons. The number of hydrogen-bond donors (Lipinski definition) is 1. The minimum absolute atomic E-state index is 0. The van der Waals surface area contributed by atoms with Crippen LogP contribution in [0.2, 0.25) is 0 Å². The van der Waals surface area contributed by atoms with Gasteiger partial charge in [-0.1, -0.05) is 59.3 Å². The maximum atomic E-state index is 11.5. The Morgan fingerprint density at radius 1 is 1.00 bits per heavy atom. The van der Waals surface area contributed by atoms with E-state index < -0.39 is 0 Å². The van der Waals surface area contributed by atoms with E-state index in [9.17, 15) is 4.79 Å². The lowest BCUT2D eigenvalue weighted by Gasteiger charge is -2.24. The van der Waals surface area contributed by atoms with Crippen LogP contribution < -0.4 is 6.15 Å². The first-order valence-corrected chi connectivity index (χ1v) is 6.58. The van der Waals surface area contributed by atoms with Crippen molar-refractivity contribution in [1.29, 1.82) is 0 Å². The third-order valence-electron chi connectivity index (χ3n) is 3.71. The molecule has 16 heavy (non-hydrogen) atoms. The van der Waals surface area contributed by atoms with Gasteiger partial charge in [0.05, 0.1) is 0 Å². The fraction of sp³-hybridized carbons (Fsp3) is 0.929. The largest absolute Gasteiger partial charge is 0.344 e. The standard InChI is InChI=1S/C14H28O.H3N/c1-5-7-8-9-10-11-12-14(4,6-2)13(3)15;/h5-12H2,1-4H3;1H3. The molecular weight excluding hydrogens is 198 g/mol. The molecule has 0 rings (SSSR count). The SMILES string of the molecule is CCCCCCCCC(C)(CC)C(C)=O.N. The van der Waals surface area contributed by atoms with E-state index in [2.05, 4.69) is 20.8 Å². The molecule has 0 aliphatic carbocycles. The smallest absolute Gasteiger partial charge is 0.135 e. The van der Waals surface area contributed by atoms with Gasteiger partial charge in [0.2, 0.25) is 0 Å². The minimum atomic E-state index is -0.0508. The first-order chi connectivity index (χ1) is 7.06. The zero-order valence-corrected chi connectivity index (χ0v) is 11.8. The molecule has 0 aromatic heterocycles. The predicted molar refractivity (Wildman–Crippen MR) is 72.1 cm³/mol. The third kappa shape index (κ3) is 7.00. The molecule has 0 radical (unpaired) electrons. The number of rotatable bonds is 9. The van der Waals surface area contributed by atoms with E-state index in [0.29, 0.717) is 5.78 Å². The van der Waals surface area contributed by atoms with Gasteiger partial charge >= 0.3 is 0 Å². The molecule has 0 aliphatic rings. The van der Waals surface area contributed by atoms with Gasteiger partial charge in [-0.3, -0.25) is 4.79 Å². The average Bonchev–Trinajstić information content (AvgIpc) is 2.22. The van der Waals surface area contributed by atoms with E-state index in [1.807, 2.05) is 0 Å². The molecule has 1 atom stereocenters. The van der Waals surface area contributed by atoms with Gasteiger partial charge in [0.1, 0.15) is 5.78 Å². The predicted octanol–water partition coefficient (Wildman–Crippen LogP) is 4.90. The summed E-state index contributed by atoms with van der Waals surface area (Å²) in [7, 11) is 0. The molecule has 3 N–H and O–H groups in total. The molecule has 0 bridgehead atoms. The van der Waals surface area contributed by atoms with Crippen LogP contribution in [0.25, 0.3) is 0 Å². The number of carbonyl (C=O) groups is 1. The topological polar surface area (TPSA) is 52.1 Å². The number of hydrogen-bond acceptors (Lipinski definition) is 2. The number of unbranched alkanes of at least 4 members (excludes halogenated alkanes) is 5. The zero-order valence-electron chi connectivity index (χ0n) is 11.8. The second kappa shape index (κ2) is 9.83. The Bertz CT molecular complexity index is 180. The van der Waals surface area contributed by atoms with E-state index in [-0.39, 0.29) is 11.6 Å². The van der Waals surface area contributed by atoms with Crippen LogP contribution >= 0.6 is 0 Å². The highest BCUT2D eigenvalue weighted by molar-refractivity contribution is 5.81. The van der Waals surface area contributed by atoms with E-state index in [0.717, 1.165) is 12.8 Å². The van der Waals surface area contributed by atoms with Gasteiger partial charge in [-0.15, -0.1) is 0 Å². The van der Waals surface area contributed by atoms with Crippen molar-refractivity contribution < 1.29 is 4.79 Å². The molecule has 2 nitrogen and oxygen atoms in total. The molecule has 0 aromatic rings. The van der Waals surface area contributed by atoms with Gasteiger partial charge in [-0.05, 0) is 19.8 Å². The molecule has 0 fully saturated rings. The summed E-state index contributed by atoms with van der Waals surface area (Å²) in [5, 5.41) is 0. The highest BCUT2D eigenvalue weighted by atomic mass is 16.1. The molecule has 0 aromatic carbocycles. The van der Waals surface area contributed by atoms with Crippen molar-refractivity contribution in [3.63, 3.8) is 0 Å². The van der Waals surface area contributed by atoms with Crippen LogP contribution in [0.5, 0.6) is 0 Å². The Kier molecular flexibility index (Phi) is 11.1. The second-order valence-electron chi connectivity index (χ2n) is 4.99. The van der Waals surface area contributed by atoms with Crippen molar-refractivity contribution in [3.8, 4) is 0 Å². The molecule has 2 heteroatoms. The zero-order chi connectivity index (χ0) is 11.7. The van der Waals surface area contributed by atoms with Crippen LogP contribution in [-0.2, 0) is 4.79 Å². The first kappa shape index (κ1) is 18.0. The monoisotopic (exact) mass is 229 g/mol. The van der Waals surface area contributed by atoms with Gasteiger partial charge in [0.15, 0.2) is 0 Å². The Morgan fingerprint density at radius 2 is 1.50 bits per heavy atom. The summed E-state index contributed by atoms with van der Waals surface area (Å²) in [6.45, 7) is 8.21. The van der Waals surface area contributed by atoms with Crippen LogP contribution in [0.1, 0.15) is 79.1 Å². The summed E-state index contributed by atoms with van der Waals surface area (Å²) in [5.41, 5.74) is -0.0508. The summed E-state index contributed by atoms with van der Waals surface area (Å²) >= 11 is 0. The fourth-order valence-electron chi connectivity index (χ4n) is 1.90. The Labute approximate surface area is 102 Å². The maximum Gasteiger partial charge on any atom is 0.135 e. The van der Waals surface area contributed by atoms with Crippen molar-refractivity contribution in [2.75, 3.05) is 0 Å². The van der Waals surface area contributed by atoms with Gasteiger partial charge < -0.3 is 6.15 Å². The molecule has 0 heterocycles. The molecule has 1 unspecified atom stereocenters. The lowest BCUT2D eigenvalue weighted by atomic mass is 9.79. The van der Waals surface area contributed by atoms with Gasteiger partial charge in [0.25, 0.3) is 0 Å². The van der Waals surface area contributed by atoms with Crippen LogP contribution in [0, 0.1) is 5.41 Å². The van der Waals surface area contributed by atoms with Crippen molar-refractivity contribution >= 4 is 5.78 Å². The lowest BCUT2D eigenvalue weighted by molar-refractivity contribution is -0.126. The molecule has 0 saturated heterocycles. The Hall–Kier alpha value is -0.370. The van der Waals surface area contributed by atoms with Gasteiger partial charge in [0, 0.05) is 5.41 Å². The Balaban J connectivity index is 0. The summed E-state index contributed by atoms with van der Waals surface area (Å²) < 4.78 is 0. The number of ketones is 1. The van der Waals surface area contributed by atoms with Crippen molar-refractivity contribution in [2.45, 2.75) is 79.1 Å². The molecule has 0 amide bonds. The summed E-state index contributed by atoms with van der Waals surface area (Å²) in [5.74, 6) is 0.360. The van der Waals surface area contributed by atoms with Gasteiger partial charge in [-0.2, -0.15) is 0 Å². The second-order valence-corrected chi connectivity index (χ2v) is 4.99. The van der Waals surface area contributed by atoms with Crippen molar-refractivity contribution in [2.24, 2.45) is 5.41 Å². The van der Waals surface area contributed by atoms with E-state index in [4.69, 9.17) is 0 Å². The summed E-state index contributed by atoms with van der Waals surface area (Å²) in [6, 6.07) is 0. The lowest BCUT2D eigenvalue weighted by Crippen LogP contribution is -2.24. The van der Waals surface area contributed by atoms with Gasteiger partial charge in [-0.25, -0.2) is 0 Å². The van der Waals surface area contributed by atoms with Crippen LogP contribution in [0.3, 0.4) is 0 Å². The van der Waals surface area contributed by atoms with E-state index in [1.165, 1.54) is 38.5 Å². The molecule has 0 aliphatic heterocycles. The first-order valence-electron chi connectivity index (χ1n) is 6.58. The van der Waals surface area contributed by atoms with E-state index >= 15 is 0 Å². The van der Waals surface area contributed by atoms with Crippen molar-refractivity contribution in [3.05, 3.63) is 0 Å². The average molecular weight is 229 g/mol. The van der Waals surface area contributed by atoms with Crippen LogP contribution in [0.15, 0.2) is 0 Å². The minimum Gasteiger partial charge on any atom is -0.344 e. The summed E-state index contributed by atoms with van der Waals surface area (Å²) in [6.07, 6.45) is 9.93. The number of Topliss-reactive ketones (excluding diaryl/α,β-unsaturated/α-hetero) is 1. The fourth-order valence-corrected chi connectivity index (χ4v) is 1.90. The highest BCUT2D eigenvalue weighted by Gasteiger charge is 2.26. The Morgan fingerprint density at radius 3 is 1.94 bits per heavy atom. The number of carbonyl (C=O) groups excluding carboxylic acids is 1. The molecule has 0 saturated carbocycles. The van der Waals surface area contributed by atoms with Crippen LogP contribution in [-0.4, -0.2) is 5.78 Å². The normalized spacial score (nSPS) is 14.0. The molecular formula is C14H31NO. The summed E-state index contributed by atoms with van der Waals surface area (Å²) in [4.78, 5) is 11.5. The third-order valence-corrected chi connectivity index (χ3v) is 3.71. The van der Waals surface area contributed by atoms with Crippen molar-refractivity contribution in [1.82, 2.24) is 6.15 Å². The maximum absolute atomic E-state index is 11.5. The van der Waals surface area contributed by atoms with Crippen LogP contribution in [0.4, 0.5) is 0 Å². The van der Waals surface area contributed by atoms with E-state index in [1.54, 1.807) is 6.92 Å².